The topological polar surface area (TPSA) is 83.4 Å². The Kier molecular flexibility index (Phi) is 5.34. The lowest BCUT2D eigenvalue weighted by atomic mass is 10.1. The molecule has 0 saturated carbocycles. The number of carbonyl (C=O) groups excluding carboxylic acids is 1. The van der Waals surface area contributed by atoms with Crippen LogP contribution < -0.4 is 14.9 Å². The molecule has 0 saturated heterocycles. The van der Waals surface area contributed by atoms with E-state index in [0.717, 1.165) is 16.8 Å². The smallest absolute Gasteiger partial charge is 0.313 e. The number of amides is 1. The average Bonchev–Trinajstić information content (AvgIpc) is 2.65. The lowest BCUT2D eigenvalue weighted by Gasteiger charge is -2.07. The van der Waals surface area contributed by atoms with Gasteiger partial charge in [-0.05, 0) is 12.1 Å². The van der Waals surface area contributed by atoms with Gasteiger partial charge in [0.05, 0.1) is 0 Å². The van der Waals surface area contributed by atoms with E-state index in [9.17, 15) is 4.79 Å². The van der Waals surface area contributed by atoms with E-state index in [-0.39, 0.29) is 0 Å². The van der Waals surface area contributed by atoms with E-state index >= 15 is 0 Å². The summed E-state index contributed by atoms with van der Waals surface area (Å²) in [5.74, 6) is -0.457. The maximum absolute atomic E-state index is 11.7. The molecule has 0 aliphatic heterocycles. The molecule has 0 aliphatic carbocycles. The predicted molar refractivity (Wildman–Crippen MR) is 95.8 cm³/mol. The van der Waals surface area contributed by atoms with E-state index in [4.69, 9.17) is 10.9 Å². The van der Waals surface area contributed by atoms with Crippen LogP contribution in [0.15, 0.2) is 78.2 Å². The number of nitrogens with zero attached hydrogens (tertiary/aromatic N) is 3. The number of aromatic nitrogens is 2. The van der Waals surface area contributed by atoms with Crippen LogP contribution in [0.1, 0.15) is 27.3 Å². The minimum atomic E-state index is -0.457. The third-order valence-corrected chi connectivity index (χ3v) is 4.16. The Bertz CT molecular complexity index is 954. The first-order chi connectivity index (χ1) is 12.7. The van der Waals surface area contributed by atoms with E-state index in [2.05, 4.69) is 5.16 Å². The molecule has 0 bridgehead atoms. The molecule has 26 heavy (non-hydrogen) atoms. The number of hydrogen-bond donors (Lipinski definition) is 2. The van der Waals surface area contributed by atoms with Crippen LogP contribution in [0.25, 0.3) is 0 Å². The van der Waals surface area contributed by atoms with Crippen molar-refractivity contribution in [2.45, 2.75) is 13.1 Å². The molecule has 2 heterocycles. The molecule has 0 radical (unpaired) electrons. The number of nitrogens with two attached hydrogens (primary N) is 1. The van der Waals surface area contributed by atoms with Crippen molar-refractivity contribution in [2.24, 2.45) is 10.9 Å². The number of carbonyl (C=O) groups is 1. The van der Waals surface area contributed by atoms with Gasteiger partial charge in [-0.1, -0.05) is 29.4 Å². The van der Waals surface area contributed by atoms with Crippen LogP contribution >= 0.6 is 0 Å². The lowest BCUT2D eigenvalue weighted by Crippen LogP contribution is -2.43. The molecular weight excluding hydrogens is 328 g/mol. The fraction of sp³-hybridized carbons (Fsp3) is 0.100. The minimum Gasteiger partial charge on any atom is -0.411 e. The molecule has 1 aromatic carbocycles. The second kappa shape index (κ2) is 8.02. The monoisotopic (exact) mass is 348 g/mol. The Balaban J connectivity index is 1.94. The molecular formula is C20H20N4O2+2. The van der Waals surface area contributed by atoms with Gasteiger partial charge in [0.25, 0.3) is 5.69 Å². The van der Waals surface area contributed by atoms with Crippen molar-refractivity contribution in [1.29, 1.82) is 0 Å². The summed E-state index contributed by atoms with van der Waals surface area (Å²) in [4.78, 5) is 11.7. The molecule has 130 valence electrons. The first kappa shape index (κ1) is 17.3. The highest BCUT2D eigenvalue weighted by atomic mass is 16.4. The third-order valence-electron chi connectivity index (χ3n) is 4.16. The lowest BCUT2D eigenvalue weighted by molar-refractivity contribution is -0.694. The SMILES string of the molecule is NC(=O)c1cccc[n+]1Cc1ccccc1C[n+]1ccccc1/C=N/O. The molecule has 3 N–H and O–H groups in total. The Morgan fingerprint density at radius 2 is 1.50 bits per heavy atom. The summed E-state index contributed by atoms with van der Waals surface area (Å²) < 4.78 is 3.83. The van der Waals surface area contributed by atoms with Gasteiger partial charge >= 0.3 is 5.91 Å². The zero-order valence-corrected chi connectivity index (χ0v) is 14.2. The van der Waals surface area contributed by atoms with Crippen LogP contribution in [0.2, 0.25) is 0 Å². The van der Waals surface area contributed by atoms with E-state index in [1.165, 1.54) is 6.21 Å². The standard InChI is InChI=1S/C20H18N4O2/c21-20(25)19-10-4-6-12-24(19)15-17-8-2-1-7-16(17)14-23-11-5-3-9-18(23)13-22-26/h1-13H,14-15H2,(H-,21,25)/p+2. The minimum absolute atomic E-state index is 0.457. The number of hydrogen-bond acceptors (Lipinski definition) is 3. The molecule has 2 aromatic heterocycles. The molecule has 3 aromatic rings. The third kappa shape index (κ3) is 3.92. The Morgan fingerprint density at radius 3 is 2.15 bits per heavy atom. The van der Waals surface area contributed by atoms with E-state index < -0.39 is 5.91 Å². The molecule has 3 rings (SSSR count). The Labute approximate surface area is 151 Å². The van der Waals surface area contributed by atoms with Crippen molar-refractivity contribution in [3.05, 3.63) is 95.6 Å². The zero-order chi connectivity index (χ0) is 18.4. The molecule has 6 heteroatoms. The number of benzene rings is 1. The van der Waals surface area contributed by atoms with Crippen LogP contribution in [-0.2, 0) is 13.1 Å². The van der Waals surface area contributed by atoms with E-state index in [1.54, 1.807) is 12.1 Å². The molecule has 0 unspecified atom stereocenters. The van der Waals surface area contributed by atoms with Crippen molar-refractivity contribution >= 4 is 12.1 Å². The van der Waals surface area contributed by atoms with Gasteiger partial charge in [0, 0.05) is 35.4 Å². The molecule has 0 atom stereocenters. The average molecular weight is 348 g/mol. The molecule has 1 amide bonds. The molecule has 0 fully saturated rings. The Morgan fingerprint density at radius 1 is 0.923 bits per heavy atom. The first-order valence-corrected chi connectivity index (χ1v) is 8.20. The maximum Gasteiger partial charge on any atom is 0.313 e. The van der Waals surface area contributed by atoms with Gasteiger partial charge in [-0.25, -0.2) is 0 Å². The van der Waals surface area contributed by atoms with Gasteiger partial charge in [-0.15, -0.1) is 0 Å². The number of oxime groups is 1. The maximum atomic E-state index is 11.7. The summed E-state index contributed by atoms with van der Waals surface area (Å²) in [5.41, 5.74) is 8.91. The fourth-order valence-electron chi connectivity index (χ4n) is 2.88. The van der Waals surface area contributed by atoms with Gasteiger partial charge in [0.1, 0.15) is 6.21 Å². The summed E-state index contributed by atoms with van der Waals surface area (Å²) in [7, 11) is 0. The zero-order valence-electron chi connectivity index (χ0n) is 14.2. The summed E-state index contributed by atoms with van der Waals surface area (Å²) >= 11 is 0. The highest BCUT2D eigenvalue weighted by Gasteiger charge is 2.18. The van der Waals surface area contributed by atoms with Crippen LogP contribution in [0.5, 0.6) is 0 Å². The van der Waals surface area contributed by atoms with Crippen LogP contribution in [-0.4, -0.2) is 17.3 Å². The normalized spacial score (nSPS) is 10.9. The summed E-state index contributed by atoms with van der Waals surface area (Å²) in [6, 6.07) is 19.1. The van der Waals surface area contributed by atoms with Crippen molar-refractivity contribution in [3.8, 4) is 0 Å². The number of pyridine rings is 2. The van der Waals surface area contributed by atoms with Crippen LogP contribution in [0, 0.1) is 0 Å². The number of rotatable bonds is 6. The van der Waals surface area contributed by atoms with Crippen molar-refractivity contribution in [3.63, 3.8) is 0 Å². The summed E-state index contributed by atoms with van der Waals surface area (Å²) in [6.45, 7) is 1.14. The van der Waals surface area contributed by atoms with Gasteiger partial charge in [-0.3, -0.25) is 4.79 Å². The molecule has 0 aliphatic rings. The largest absolute Gasteiger partial charge is 0.411 e. The fourth-order valence-corrected chi connectivity index (χ4v) is 2.88. The van der Waals surface area contributed by atoms with E-state index in [0.29, 0.717) is 18.8 Å². The van der Waals surface area contributed by atoms with Gasteiger partial charge < -0.3 is 10.9 Å². The first-order valence-electron chi connectivity index (χ1n) is 8.20. The van der Waals surface area contributed by atoms with Gasteiger partial charge in [-0.2, -0.15) is 9.13 Å². The second-order valence-electron chi connectivity index (χ2n) is 5.84. The van der Waals surface area contributed by atoms with Crippen molar-refractivity contribution in [2.75, 3.05) is 0 Å². The quantitative estimate of drug-likeness (QED) is 0.304. The van der Waals surface area contributed by atoms with E-state index in [1.807, 2.05) is 70.1 Å². The van der Waals surface area contributed by atoms with Crippen molar-refractivity contribution < 1.29 is 19.1 Å². The summed E-state index contributed by atoms with van der Waals surface area (Å²) in [6.07, 6.45) is 5.18. The highest BCUT2D eigenvalue weighted by molar-refractivity contribution is 5.89. The Hall–Kier alpha value is -3.54. The summed E-state index contributed by atoms with van der Waals surface area (Å²) in [5, 5.41) is 12.0. The van der Waals surface area contributed by atoms with Crippen LogP contribution in [0.4, 0.5) is 0 Å². The predicted octanol–water partition coefficient (Wildman–Crippen LogP) is 1.27. The number of primary amides is 1. The molecule has 6 nitrogen and oxygen atoms in total. The van der Waals surface area contributed by atoms with Gasteiger partial charge in [0.2, 0.25) is 5.69 Å². The van der Waals surface area contributed by atoms with Crippen molar-refractivity contribution in [1.82, 2.24) is 0 Å². The second-order valence-corrected chi connectivity index (χ2v) is 5.84. The highest BCUT2D eigenvalue weighted by Crippen LogP contribution is 2.09. The molecule has 0 spiro atoms. The van der Waals surface area contributed by atoms with Crippen LogP contribution in [0.3, 0.4) is 0 Å². The van der Waals surface area contributed by atoms with Gasteiger partial charge in [0.15, 0.2) is 25.5 Å².